The summed E-state index contributed by atoms with van der Waals surface area (Å²) in [7, 11) is 0. The molecule has 0 aliphatic carbocycles. The van der Waals surface area contributed by atoms with E-state index in [9.17, 15) is 4.79 Å². The first-order valence-electron chi connectivity index (χ1n) is 9.63. The van der Waals surface area contributed by atoms with Gasteiger partial charge in [0.2, 0.25) is 5.91 Å². The molecular weight excluding hydrogens is 362 g/mol. The first kappa shape index (κ1) is 20.0. The Morgan fingerprint density at radius 3 is 2.96 bits per heavy atom. The van der Waals surface area contributed by atoms with Crippen LogP contribution >= 0.6 is 11.3 Å². The van der Waals surface area contributed by atoms with Crippen LogP contribution in [0, 0.1) is 5.53 Å². The third-order valence-electron chi connectivity index (χ3n) is 5.38. The second kappa shape index (κ2) is 8.95. The van der Waals surface area contributed by atoms with Gasteiger partial charge in [-0.05, 0) is 30.9 Å². The molecule has 1 aromatic heterocycles. The van der Waals surface area contributed by atoms with E-state index in [1.807, 2.05) is 11.3 Å². The Balaban J connectivity index is 1.57. The van der Waals surface area contributed by atoms with Crippen LogP contribution in [0.2, 0.25) is 0 Å². The van der Waals surface area contributed by atoms with E-state index >= 15 is 0 Å². The van der Waals surface area contributed by atoms with Crippen LogP contribution in [0.25, 0.3) is 0 Å². The molecule has 0 saturated carbocycles. The lowest BCUT2D eigenvalue weighted by atomic mass is 9.82. The molecule has 1 aromatic rings. The van der Waals surface area contributed by atoms with Gasteiger partial charge in [0.25, 0.3) is 0 Å². The van der Waals surface area contributed by atoms with Crippen molar-refractivity contribution in [2.45, 2.75) is 44.6 Å². The Morgan fingerprint density at radius 1 is 1.52 bits per heavy atom. The van der Waals surface area contributed by atoms with Crippen LogP contribution in [-0.2, 0) is 28.0 Å². The van der Waals surface area contributed by atoms with Crippen LogP contribution in [0.15, 0.2) is 23.1 Å². The number of carbonyl (C=O) groups is 1. The SMILES string of the molecule is CCc1cc2c(s1)CCOC21CCN(C/C(=C/NCCC(N)=O)N=N)CC1. The van der Waals surface area contributed by atoms with Gasteiger partial charge in [-0.15, -0.1) is 11.3 Å². The predicted octanol–water partition coefficient (Wildman–Crippen LogP) is 2.51. The molecule has 27 heavy (non-hydrogen) atoms. The number of likely N-dealkylation sites (tertiary alicyclic amines) is 1. The minimum Gasteiger partial charge on any atom is -0.389 e. The van der Waals surface area contributed by atoms with E-state index < -0.39 is 0 Å². The smallest absolute Gasteiger partial charge is 0.219 e. The average Bonchev–Trinajstić information content (AvgIpc) is 3.11. The standard InChI is InChI=1S/C19H29N5O2S/c1-2-15-11-16-17(27-15)4-10-26-19(16)5-8-24(9-6-19)13-14(23-21)12-22-7-3-18(20)25/h11-12,21-22H,2-10,13H2,1H3,(H2,20,25)/b14-12-,23-21?. The highest BCUT2D eigenvalue weighted by Crippen LogP contribution is 2.44. The van der Waals surface area contributed by atoms with Gasteiger partial charge in [-0.2, -0.15) is 5.11 Å². The highest BCUT2D eigenvalue weighted by Gasteiger charge is 2.41. The topological polar surface area (TPSA) is 104 Å². The Morgan fingerprint density at radius 2 is 2.30 bits per heavy atom. The summed E-state index contributed by atoms with van der Waals surface area (Å²) in [6.45, 7) is 5.96. The number of aryl methyl sites for hydroxylation is 1. The van der Waals surface area contributed by atoms with Gasteiger partial charge in [-0.25, -0.2) is 5.53 Å². The summed E-state index contributed by atoms with van der Waals surface area (Å²) in [5.74, 6) is -0.340. The van der Waals surface area contributed by atoms with Crippen LogP contribution in [-0.4, -0.2) is 43.6 Å². The number of rotatable bonds is 8. The monoisotopic (exact) mass is 391 g/mol. The molecule has 0 aromatic carbocycles. The van der Waals surface area contributed by atoms with Crippen LogP contribution in [0.3, 0.4) is 0 Å². The van der Waals surface area contributed by atoms with E-state index in [0.717, 1.165) is 45.4 Å². The van der Waals surface area contributed by atoms with Crippen molar-refractivity contribution < 1.29 is 9.53 Å². The molecule has 1 fully saturated rings. The average molecular weight is 392 g/mol. The maximum Gasteiger partial charge on any atom is 0.219 e. The largest absolute Gasteiger partial charge is 0.389 e. The van der Waals surface area contributed by atoms with Crippen molar-refractivity contribution in [1.29, 1.82) is 5.53 Å². The van der Waals surface area contributed by atoms with Crippen molar-refractivity contribution in [2.24, 2.45) is 10.8 Å². The molecule has 2 aliphatic heterocycles. The quantitative estimate of drug-likeness (QED) is 0.468. The zero-order chi connectivity index (χ0) is 19.3. The van der Waals surface area contributed by atoms with E-state index in [-0.39, 0.29) is 17.9 Å². The normalized spacial score (nSPS) is 19.7. The predicted molar refractivity (Wildman–Crippen MR) is 106 cm³/mol. The zero-order valence-corrected chi connectivity index (χ0v) is 16.7. The number of hydrogen-bond acceptors (Lipinski definition) is 7. The van der Waals surface area contributed by atoms with Gasteiger partial charge in [0.1, 0.15) is 0 Å². The van der Waals surface area contributed by atoms with Gasteiger partial charge in [0, 0.05) is 55.0 Å². The summed E-state index contributed by atoms with van der Waals surface area (Å²) < 4.78 is 6.32. The fourth-order valence-electron chi connectivity index (χ4n) is 3.86. The van der Waals surface area contributed by atoms with Crippen molar-refractivity contribution in [3.63, 3.8) is 0 Å². The molecule has 2 aliphatic rings. The summed E-state index contributed by atoms with van der Waals surface area (Å²) in [6, 6.07) is 2.36. The van der Waals surface area contributed by atoms with E-state index in [2.05, 4.69) is 28.3 Å². The van der Waals surface area contributed by atoms with Crippen LogP contribution in [0.4, 0.5) is 0 Å². The van der Waals surface area contributed by atoms with Crippen LogP contribution in [0.5, 0.6) is 0 Å². The summed E-state index contributed by atoms with van der Waals surface area (Å²) in [4.78, 5) is 16.0. The fourth-order valence-corrected chi connectivity index (χ4v) is 5.04. The molecule has 0 bridgehead atoms. The van der Waals surface area contributed by atoms with E-state index in [1.54, 1.807) is 6.20 Å². The number of ether oxygens (including phenoxy) is 1. The molecule has 3 rings (SSSR count). The zero-order valence-electron chi connectivity index (χ0n) is 15.9. The molecule has 0 unspecified atom stereocenters. The van der Waals surface area contributed by atoms with Gasteiger partial charge >= 0.3 is 0 Å². The number of thiophene rings is 1. The Hall–Kier alpha value is -1.77. The summed E-state index contributed by atoms with van der Waals surface area (Å²) in [5, 5.41) is 6.62. The van der Waals surface area contributed by atoms with Crippen LogP contribution in [0.1, 0.15) is 41.5 Å². The number of primary amides is 1. The highest BCUT2D eigenvalue weighted by atomic mass is 32.1. The van der Waals surface area contributed by atoms with Gasteiger partial charge in [0.15, 0.2) is 0 Å². The fraction of sp³-hybridized carbons (Fsp3) is 0.632. The number of hydrogen-bond donors (Lipinski definition) is 3. The van der Waals surface area contributed by atoms with Crippen molar-refractivity contribution in [3.8, 4) is 0 Å². The maximum atomic E-state index is 10.8. The van der Waals surface area contributed by atoms with Crippen molar-refractivity contribution >= 4 is 17.2 Å². The van der Waals surface area contributed by atoms with Gasteiger partial charge in [0.05, 0.1) is 17.9 Å². The Kier molecular flexibility index (Phi) is 6.62. The Labute approximate surface area is 164 Å². The third kappa shape index (κ3) is 4.75. The van der Waals surface area contributed by atoms with Crippen molar-refractivity contribution in [3.05, 3.63) is 33.3 Å². The van der Waals surface area contributed by atoms with Crippen molar-refractivity contribution in [2.75, 3.05) is 32.8 Å². The molecule has 3 heterocycles. The number of fused-ring (bicyclic) bond motifs is 2. The third-order valence-corrected chi connectivity index (χ3v) is 6.72. The minimum atomic E-state index is -0.340. The molecule has 1 spiro atoms. The second-order valence-electron chi connectivity index (χ2n) is 7.19. The first-order valence-corrected chi connectivity index (χ1v) is 10.4. The van der Waals surface area contributed by atoms with E-state index in [1.165, 1.54) is 15.3 Å². The molecule has 0 radical (unpaired) electrons. The lowest BCUT2D eigenvalue weighted by Crippen LogP contribution is -2.46. The maximum absolute atomic E-state index is 10.8. The first-order chi connectivity index (χ1) is 13.1. The molecule has 4 N–H and O–H groups in total. The van der Waals surface area contributed by atoms with Crippen LogP contribution < -0.4 is 11.1 Å². The number of nitrogens with two attached hydrogens (primary N) is 1. The number of nitrogens with zero attached hydrogens (tertiary/aromatic N) is 2. The molecular formula is C19H29N5O2S. The molecule has 0 atom stereocenters. The number of piperidine rings is 1. The molecule has 1 amide bonds. The lowest BCUT2D eigenvalue weighted by Gasteiger charge is -2.44. The Bertz CT molecular complexity index is 707. The summed E-state index contributed by atoms with van der Waals surface area (Å²) in [5.41, 5.74) is 14.5. The molecule has 1 saturated heterocycles. The minimum absolute atomic E-state index is 0.129. The highest BCUT2D eigenvalue weighted by molar-refractivity contribution is 7.12. The van der Waals surface area contributed by atoms with Gasteiger partial charge in [-0.1, -0.05) is 6.92 Å². The number of amides is 1. The number of carbonyl (C=O) groups excluding carboxylic acids is 1. The molecule has 148 valence electrons. The lowest BCUT2D eigenvalue weighted by molar-refractivity contribution is -0.117. The van der Waals surface area contributed by atoms with Gasteiger partial charge < -0.3 is 15.8 Å². The van der Waals surface area contributed by atoms with E-state index in [4.69, 9.17) is 16.0 Å². The molecule has 7 nitrogen and oxygen atoms in total. The summed E-state index contributed by atoms with van der Waals surface area (Å²) in [6.07, 6.45) is 6.05. The molecule has 8 heteroatoms. The van der Waals surface area contributed by atoms with E-state index in [0.29, 0.717) is 18.8 Å². The second-order valence-corrected chi connectivity index (χ2v) is 8.41. The number of nitrogens with one attached hydrogen (secondary N) is 2. The van der Waals surface area contributed by atoms with Crippen molar-refractivity contribution in [1.82, 2.24) is 10.2 Å². The summed E-state index contributed by atoms with van der Waals surface area (Å²) >= 11 is 1.95. The van der Waals surface area contributed by atoms with Gasteiger partial charge in [-0.3, -0.25) is 9.69 Å².